The highest BCUT2D eigenvalue weighted by molar-refractivity contribution is 6.04. The summed E-state index contributed by atoms with van der Waals surface area (Å²) in [5.74, 6) is -1.52. The van der Waals surface area contributed by atoms with E-state index in [0.29, 0.717) is 41.7 Å². The topological polar surface area (TPSA) is 92.3 Å². The van der Waals surface area contributed by atoms with Crippen molar-refractivity contribution >= 4 is 28.5 Å². The van der Waals surface area contributed by atoms with Crippen molar-refractivity contribution in [1.82, 2.24) is 20.5 Å². The fourth-order valence-corrected chi connectivity index (χ4v) is 6.19. The number of amidine groups is 1. The van der Waals surface area contributed by atoms with Gasteiger partial charge in [0.05, 0.1) is 42.0 Å². The first-order valence-corrected chi connectivity index (χ1v) is 12.5. The summed E-state index contributed by atoms with van der Waals surface area (Å²) < 4.78 is 34.6. The first-order chi connectivity index (χ1) is 17.0. The van der Waals surface area contributed by atoms with Gasteiger partial charge in [0, 0.05) is 0 Å². The van der Waals surface area contributed by atoms with E-state index in [1.54, 1.807) is 0 Å². The van der Waals surface area contributed by atoms with E-state index < -0.39 is 17.6 Å². The fourth-order valence-electron chi connectivity index (χ4n) is 6.19. The standard InChI is InChI=1S/C26H31F2N5O2/c1-3-15-8-9-19(28)24(30-20(15)21-18-13-16(27)14-29-23(18)33-32-21)31-22-17(25(34)35-2)7-6-12-26(22)10-4-5-11-26/h9,13-14,17,22H,3-8,10-12H2,1-2H3,(H,30,31)(H,29,32,33). The molecule has 2 saturated carbocycles. The maximum Gasteiger partial charge on any atom is 0.310 e. The number of ether oxygens (including phenoxy) is 1. The summed E-state index contributed by atoms with van der Waals surface area (Å²) in [6.45, 7) is 1.99. The van der Waals surface area contributed by atoms with Gasteiger partial charge in [-0.05, 0) is 61.7 Å². The van der Waals surface area contributed by atoms with Crippen LogP contribution in [0, 0.1) is 17.2 Å². The van der Waals surface area contributed by atoms with Gasteiger partial charge < -0.3 is 10.1 Å². The van der Waals surface area contributed by atoms with Crippen LogP contribution in [0.1, 0.15) is 70.4 Å². The lowest BCUT2D eigenvalue weighted by atomic mass is 9.64. The number of hydrogen-bond acceptors (Lipinski definition) is 5. The van der Waals surface area contributed by atoms with Crippen LogP contribution in [0.15, 0.2) is 34.7 Å². The zero-order valence-electron chi connectivity index (χ0n) is 20.2. The quantitative estimate of drug-likeness (QED) is 0.571. The number of methoxy groups -OCH3 is 1. The Balaban J connectivity index is 1.60. The van der Waals surface area contributed by atoms with Gasteiger partial charge in [-0.3, -0.25) is 14.9 Å². The highest BCUT2D eigenvalue weighted by atomic mass is 19.1. The molecular weight excluding hydrogens is 452 g/mol. The van der Waals surface area contributed by atoms with Crippen LogP contribution in [0.4, 0.5) is 8.78 Å². The Morgan fingerprint density at radius 3 is 2.77 bits per heavy atom. The van der Waals surface area contributed by atoms with Gasteiger partial charge in [-0.25, -0.2) is 13.8 Å². The third-order valence-corrected chi connectivity index (χ3v) is 7.97. The molecule has 3 aliphatic rings. The number of halogens is 2. The summed E-state index contributed by atoms with van der Waals surface area (Å²) in [5, 5.41) is 10.9. The summed E-state index contributed by atoms with van der Waals surface area (Å²) in [4.78, 5) is 21.8. The minimum absolute atomic E-state index is 0.0997. The van der Waals surface area contributed by atoms with E-state index in [-0.39, 0.29) is 23.3 Å². The third-order valence-electron chi connectivity index (χ3n) is 7.97. The van der Waals surface area contributed by atoms with Crippen molar-refractivity contribution in [1.29, 1.82) is 0 Å². The molecule has 2 fully saturated rings. The molecule has 0 amide bonds. The number of allylic oxidation sites excluding steroid dienone is 2. The van der Waals surface area contributed by atoms with Crippen molar-refractivity contribution in [3.63, 3.8) is 0 Å². The van der Waals surface area contributed by atoms with E-state index in [0.717, 1.165) is 50.3 Å². The van der Waals surface area contributed by atoms with Gasteiger partial charge in [-0.15, -0.1) is 0 Å². The van der Waals surface area contributed by atoms with Crippen LogP contribution in [-0.4, -0.2) is 40.1 Å². The molecule has 35 heavy (non-hydrogen) atoms. The fraction of sp³-hybridized carbons (Fsp3) is 0.538. The molecule has 7 nitrogen and oxygen atoms in total. The minimum atomic E-state index is -0.475. The highest BCUT2D eigenvalue weighted by Crippen LogP contribution is 2.52. The Kier molecular flexibility index (Phi) is 6.42. The number of hydrogen-bond donors (Lipinski definition) is 2. The molecule has 2 aromatic heterocycles. The summed E-state index contributed by atoms with van der Waals surface area (Å²) in [6.07, 6.45) is 10.4. The van der Waals surface area contributed by atoms with E-state index >= 15 is 4.39 Å². The first kappa shape index (κ1) is 23.6. The molecule has 2 aromatic rings. The second kappa shape index (κ2) is 9.51. The number of nitrogens with one attached hydrogen (secondary N) is 2. The highest BCUT2D eigenvalue weighted by Gasteiger charge is 2.50. The number of H-pyrrole nitrogens is 1. The lowest BCUT2D eigenvalue weighted by Crippen LogP contribution is -2.46. The molecular formula is C26H31F2N5O2. The zero-order chi connectivity index (χ0) is 24.6. The Morgan fingerprint density at radius 2 is 2.03 bits per heavy atom. The second-order valence-electron chi connectivity index (χ2n) is 9.85. The van der Waals surface area contributed by atoms with Crippen LogP contribution in [-0.2, 0) is 9.53 Å². The Bertz CT molecular complexity index is 1230. The molecule has 2 N–H and O–H groups in total. The van der Waals surface area contributed by atoms with Crippen LogP contribution in [0.2, 0.25) is 0 Å². The van der Waals surface area contributed by atoms with Crippen LogP contribution >= 0.6 is 0 Å². The van der Waals surface area contributed by atoms with Crippen molar-refractivity contribution < 1.29 is 18.3 Å². The molecule has 2 atom stereocenters. The number of aromatic amines is 1. The Labute approximate surface area is 203 Å². The predicted molar refractivity (Wildman–Crippen MR) is 129 cm³/mol. The first-order valence-electron chi connectivity index (χ1n) is 12.5. The molecule has 2 aliphatic carbocycles. The van der Waals surface area contributed by atoms with E-state index in [9.17, 15) is 9.18 Å². The molecule has 1 spiro atoms. The summed E-state index contributed by atoms with van der Waals surface area (Å²) in [5.41, 5.74) is 2.36. The van der Waals surface area contributed by atoms with Crippen LogP contribution in [0.3, 0.4) is 0 Å². The summed E-state index contributed by atoms with van der Waals surface area (Å²) in [6, 6.07) is 1.01. The van der Waals surface area contributed by atoms with Crippen LogP contribution in [0.5, 0.6) is 0 Å². The molecule has 0 aromatic carbocycles. The average molecular weight is 484 g/mol. The zero-order valence-corrected chi connectivity index (χ0v) is 20.2. The van der Waals surface area contributed by atoms with Gasteiger partial charge in [0.15, 0.2) is 17.3 Å². The van der Waals surface area contributed by atoms with Gasteiger partial charge in [-0.1, -0.05) is 26.2 Å². The van der Waals surface area contributed by atoms with Gasteiger partial charge in [0.2, 0.25) is 0 Å². The maximum absolute atomic E-state index is 15.5. The number of carbonyl (C=O) groups excluding carboxylic acids is 1. The normalized spacial score (nSPS) is 25.6. The van der Waals surface area contributed by atoms with Gasteiger partial charge in [0.1, 0.15) is 5.82 Å². The van der Waals surface area contributed by atoms with Crippen LogP contribution < -0.4 is 5.32 Å². The van der Waals surface area contributed by atoms with Gasteiger partial charge in [0.25, 0.3) is 0 Å². The molecule has 0 saturated heterocycles. The van der Waals surface area contributed by atoms with Crippen molar-refractivity contribution in [2.75, 3.05) is 7.11 Å². The smallest absolute Gasteiger partial charge is 0.310 e. The average Bonchev–Trinajstić information content (AvgIpc) is 3.46. The SMILES string of the molecule is CCC1=C(c2[nH]nc3ncc(F)cc23)NC(=NC2C(C(=O)OC)CCCC23CCCC3)C(F)=CC1. The Morgan fingerprint density at radius 1 is 1.26 bits per heavy atom. The number of pyridine rings is 1. The second-order valence-corrected chi connectivity index (χ2v) is 9.85. The number of aromatic nitrogens is 3. The molecule has 5 rings (SSSR count). The molecule has 3 heterocycles. The molecule has 2 unspecified atom stereocenters. The third kappa shape index (κ3) is 4.25. The van der Waals surface area contributed by atoms with E-state index in [4.69, 9.17) is 9.73 Å². The van der Waals surface area contributed by atoms with Crippen molar-refractivity contribution in [3.8, 4) is 0 Å². The van der Waals surface area contributed by atoms with Crippen molar-refractivity contribution in [3.05, 3.63) is 41.3 Å². The molecule has 1 aliphatic heterocycles. The number of aliphatic imine (C=N–C) groups is 1. The predicted octanol–water partition coefficient (Wildman–Crippen LogP) is 5.37. The molecule has 0 bridgehead atoms. The number of rotatable bonds is 4. The van der Waals surface area contributed by atoms with Crippen LogP contribution in [0.25, 0.3) is 16.7 Å². The molecule has 0 radical (unpaired) electrons. The van der Waals surface area contributed by atoms with E-state index in [2.05, 4.69) is 20.5 Å². The van der Waals surface area contributed by atoms with Gasteiger partial charge in [-0.2, -0.15) is 5.10 Å². The van der Waals surface area contributed by atoms with E-state index in [1.165, 1.54) is 19.3 Å². The maximum atomic E-state index is 15.5. The van der Waals surface area contributed by atoms with E-state index in [1.807, 2.05) is 6.92 Å². The number of esters is 1. The molecule has 186 valence electrons. The lowest BCUT2D eigenvalue weighted by Gasteiger charge is -2.43. The molecule has 9 heteroatoms. The van der Waals surface area contributed by atoms with Gasteiger partial charge >= 0.3 is 5.97 Å². The Hall–Kier alpha value is -3.10. The van der Waals surface area contributed by atoms with Crippen molar-refractivity contribution in [2.24, 2.45) is 16.3 Å². The number of fused-ring (bicyclic) bond motifs is 1. The monoisotopic (exact) mass is 483 g/mol. The largest absolute Gasteiger partial charge is 0.469 e. The minimum Gasteiger partial charge on any atom is -0.469 e. The number of nitrogens with zero attached hydrogens (tertiary/aromatic N) is 3. The lowest BCUT2D eigenvalue weighted by molar-refractivity contribution is -0.149. The van der Waals surface area contributed by atoms with Crippen molar-refractivity contribution in [2.45, 2.75) is 70.8 Å². The summed E-state index contributed by atoms with van der Waals surface area (Å²) >= 11 is 0. The number of carbonyl (C=O) groups is 1. The summed E-state index contributed by atoms with van der Waals surface area (Å²) in [7, 11) is 1.40.